The summed E-state index contributed by atoms with van der Waals surface area (Å²) in [4.78, 5) is 11.0. The Labute approximate surface area is 100 Å². The number of benzene rings is 1. The number of carboxylic acid groups (broad SMARTS) is 1. The van der Waals surface area contributed by atoms with Gasteiger partial charge in [-0.2, -0.15) is 0 Å². The maximum Gasteiger partial charge on any atom is 0.337 e. The zero-order valence-corrected chi connectivity index (χ0v) is 9.93. The summed E-state index contributed by atoms with van der Waals surface area (Å²) in [6, 6.07) is 4.72. The van der Waals surface area contributed by atoms with E-state index in [0.29, 0.717) is 24.4 Å². The Kier molecular flexibility index (Phi) is 4.78. The summed E-state index contributed by atoms with van der Waals surface area (Å²) in [5.74, 6) is -0.401. The van der Waals surface area contributed by atoms with Gasteiger partial charge in [0.15, 0.2) is 0 Å². The van der Waals surface area contributed by atoms with Crippen molar-refractivity contribution >= 4 is 11.7 Å². The van der Waals surface area contributed by atoms with Crippen LogP contribution in [0.2, 0.25) is 0 Å². The monoisotopic (exact) mass is 239 g/mol. The van der Waals surface area contributed by atoms with Crippen molar-refractivity contribution < 1.29 is 19.7 Å². The summed E-state index contributed by atoms with van der Waals surface area (Å²) in [5.41, 5.74) is 0.689. The van der Waals surface area contributed by atoms with Gasteiger partial charge < -0.3 is 20.3 Å². The second-order valence-corrected chi connectivity index (χ2v) is 3.78. The first-order valence-electron chi connectivity index (χ1n) is 5.38. The molecule has 0 amide bonds. The van der Waals surface area contributed by atoms with Gasteiger partial charge in [-0.15, -0.1) is 0 Å². The average molecular weight is 239 g/mol. The Morgan fingerprint density at radius 3 is 2.76 bits per heavy atom. The van der Waals surface area contributed by atoms with Crippen molar-refractivity contribution in [1.82, 2.24) is 0 Å². The fraction of sp³-hybridized carbons (Fsp3) is 0.417. The number of nitrogens with one attached hydrogen (secondary N) is 1. The lowest BCUT2D eigenvalue weighted by Gasteiger charge is -2.12. The summed E-state index contributed by atoms with van der Waals surface area (Å²) in [6.45, 7) is 2.19. The molecule has 0 aliphatic heterocycles. The number of aromatic carboxylic acids is 1. The lowest BCUT2D eigenvalue weighted by molar-refractivity contribution is 0.0698. The van der Waals surface area contributed by atoms with Gasteiger partial charge in [-0.1, -0.05) is 0 Å². The third kappa shape index (κ3) is 3.96. The predicted octanol–water partition coefficient (Wildman–Crippen LogP) is 1.58. The van der Waals surface area contributed by atoms with E-state index < -0.39 is 12.1 Å². The summed E-state index contributed by atoms with van der Waals surface area (Å²) in [5, 5.41) is 21.1. The SMILES string of the molecule is COc1ccc(C(=O)O)c(NCCC(C)O)c1. The highest BCUT2D eigenvalue weighted by Crippen LogP contribution is 2.22. The summed E-state index contributed by atoms with van der Waals surface area (Å²) < 4.78 is 5.03. The molecular weight excluding hydrogens is 222 g/mol. The summed E-state index contributed by atoms with van der Waals surface area (Å²) in [6.07, 6.45) is 0.136. The second kappa shape index (κ2) is 6.10. The summed E-state index contributed by atoms with van der Waals surface area (Å²) in [7, 11) is 1.52. The molecule has 0 aliphatic carbocycles. The van der Waals surface area contributed by atoms with E-state index >= 15 is 0 Å². The molecule has 0 radical (unpaired) electrons. The van der Waals surface area contributed by atoms with Gasteiger partial charge in [-0.25, -0.2) is 4.79 Å². The van der Waals surface area contributed by atoms with Crippen LogP contribution < -0.4 is 10.1 Å². The van der Waals surface area contributed by atoms with E-state index in [1.54, 1.807) is 19.1 Å². The molecule has 0 bridgehead atoms. The van der Waals surface area contributed by atoms with E-state index in [1.807, 2.05) is 0 Å². The van der Waals surface area contributed by atoms with E-state index in [1.165, 1.54) is 13.2 Å². The van der Waals surface area contributed by atoms with Crippen LogP contribution in [0.5, 0.6) is 5.75 Å². The van der Waals surface area contributed by atoms with Gasteiger partial charge in [0, 0.05) is 12.6 Å². The number of carbonyl (C=O) groups is 1. The number of aliphatic hydroxyl groups is 1. The van der Waals surface area contributed by atoms with Crippen LogP contribution in [0.4, 0.5) is 5.69 Å². The molecule has 0 aromatic heterocycles. The first-order valence-corrected chi connectivity index (χ1v) is 5.38. The van der Waals surface area contributed by atoms with Crippen molar-refractivity contribution in [2.75, 3.05) is 19.0 Å². The highest BCUT2D eigenvalue weighted by molar-refractivity contribution is 5.94. The van der Waals surface area contributed by atoms with Gasteiger partial charge in [0.2, 0.25) is 0 Å². The normalized spacial score (nSPS) is 11.9. The molecule has 0 fully saturated rings. The smallest absolute Gasteiger partial charge is 0.337 e. The molecule has 0 saturated carbocycles. The van der Waals surface area contributed by atoms with Crippen LogP contribution in [0.1, 0.15) is 23.7 Å². The van der Waals surface area contributed by atoms with E-state index in [-0.39, 0.29) is 5.56 Å². The first kappa shape index (κ1) is 13.3. The minimum Gasteiger partial charge on any atom is -0.497 e. The highest BCUT2D eigenvalue weighted by Gasteiger charge is 2.10. The van der Waals surface area contributed by atoms with E-state index in [2.05, 4.69) is 5.32 Å². The van der Waals surface area contributed by atoms with Crippen molar-refractivity contribution in [2.45, 2.75) is 19.4 Å². The Bertz CT molecular complexity index is 390. The average Bonchev–Trinajstić information content (AvgIpc) is 2.28. The van der Waals surface area contributed by atoms with E-state index in [9.17, 15) is 4.79 Å². The molecule has 5 nitrogen and oxygen atoms in total. The number of carboxylic acids is 1. The number of anilines is 1. The lowest BCUT2D eigenvalue weighted by Crippen LogP contribution is -2.12. The van der Waals surface area contributed by atoms with Crippen LogP contribution in [0.3, 0.4) is 0 Å². The molecule has 1 aromatic rings. The van der Waals surface area contributed by atoms with Crippen LogP contribution in [0.15, 0.2) is 18.2 Å². The fourth-order valence-electron chi connectivity index (χ4n) is 1.40. The highest BCUT2D eigenvalue weighted by atomic mass is 16.5. The van der Waals surface area contributed by atoms with Crippen LogP contribution in [-0.4, -0.2) is 35.9 Å². The molecule has 0 heterocycles. The molecule has 94 valence electrons. The Morgan fingerprint density at radius 2 is 2.24 bits per heavy atom. The van der Waals surface area contributed by atoms with Gasteiger partial charge in [-0.05, 0) is 25.5 Å². The van der Waals surface area contributed by atoms with Gasteiger partial charge >= 0.3 is 5.97 Å². The van der Waals surface area contributed by atoms with Crippen LogP contribution >= 0.6 is 0 Å². The van der Waals surface area contributed by atoms with E-state index in [4.69, 9.17) is 14.9 Å². The van der Waals surface area contributed by atoms with Crippen molar-refractivity contribution in [2.24, 2.45) is 0 Å². The molecule has 1 aromatic carbocycles. The fourth-order valence-corrected chi connectivity index (χ4v) is 1.40. The van der Waals surface area contributed by atoms with Crippen LogP contribution in [0.25, 0.3) is 0 Å². The quantitative estimate of drug-likeness (QED) is 0.702. The number of hydrogen-bond donors (Lipinski definition) is 3. The number of ether oxygens (including phenoxy) is 1. The standard InChI is InChI=1S/C12H17NO4/c1-8(14)5-6-13-11-7-9(17-2)3-4-10(11)12(15)16/h3-4,7-8,13-14H,5-6H2,1-2H3,(H,15,16). The minimum absolute atomic E-state index is 0.191. The van der Waals surface area contributed by atoms with Crippen molar-refractivity contribution in [3.8, 4) is 5.75 Å². The summed E-state index contributed by atoms with van der Waals surface area (Å²) >= 11 is 0. The van der Waals surface area contributed by atoms with Crippen LogP contribution in [-0.2, 0) is 0 Å². The van der Waals surface area contributed by atoms with Crippen LogP contribution in [0, 0.1) is 0 Å². The molecule has 17 heavy (non-hydrogen) atoms. The molecule has 3 N–H and O–H groups in total. The molecule has 0 spiro atoms. The second-order valence-electron chi connectivity index (χ2n) is 3.78. The Balaban J connectivity index is 2.82. The van der Waals surface area contributed by atoms with Gasteiger partial charge in [-0.3, -0.25) is 0 Å². The number of hydrogen-bond acceptors (Lipinski definition) is 4. The van der Waals surface area contributed by atoms with Gasteiger partial charge in [0.05, 0.1) is 24.5 Å². The van der Waals surface area contributed by atoms with Gasteiger partial charge in [0.1, 0.15) is 5.75 Å². The number of methoxy groups -OCH3 is 1. The zero-order valence-electron chi connectivity index (χ0n) is 9.93. The Hall–Kier alpha value is -1.75. The maximum atomic E-state index is 11.0. The number of rotatable bonds is 6. The molecular formula is C12H17NO4. The first-order chi connectivity index (χ1) is 8.04. The van der Waals surface area contributed by atoms with Crippen molar-refractivity contribution in [3.05, 3.63) is 23.8 Å². The maximum absolute atomic E-state index is 11.0. The molecule has 1 rings (SSSR count). The predicted molar refractivity (Wildman–Crippen MR) is 64.7 cm³/mol. The van der Waals surface area contributed by atoms with Crippen molar-refractivity contribution in [1.29, 1.82) is 0 Å². The van der Waals surface area contributed by atoms with Gasteiger partial charge in [0.25, 0.3) is 0 Å². The Morgan fingerprint density at radius 1 is 1.53 bits per heavy atom. The third-order valence-corrected chi connectivity index (χ3v) is 2.33. The largest absolute Gasteiger partial charge is 0.497 e. The molecule has 0 aliphatic rings. The minimum atomic E-state index is -0.993. The topological polar surface area (TPSA) is 78.8 Å². The molecule has 0 saturated heterocycles. The molecule has 1 atom stereocenters. The lowest BCUT2D eigenvalue weighted by atomic mass is 10.1. The third-order valence-electron chi connectivity index (χ3n) is 2.33. The van der Waals surface area contributed by atoms with E-state index in [0.717, 1.165) is 0 Å². The molecule has 5 heteroatoms. The number of aliphatic hydroxyl groups excluding tert-OH is 1. The van der Waals surface area contributed by atoms with Crippen molar-refractivity contribution in [3.63, 3.8) is 0 Å². The molecule has 1 unspecified atom stereocenters. The zero-order chi connectivity index (χ0) is 12.8.